The molecule has 0 aliphatic rings. The van der Waals surface area contributed by atoms with Crippen LogP contribution in [0.4, 0.5) is 10.1 Å². The topological polar surface area (TPSA) is 88.9 Å². The molecule has 0 aliphatic heterocycles. The first-order valence-corrected chi connectivity index (χ1v) is 11.9. The number of hydrogen-bond donors (Lipinski definition) is 2. The third kappa shape index (κ3) is 6.37. The van der Waals surface area contributed by atoms with Crippen LogP contribution in [-0.2, 0) is 11.3 Å². The van der Waals surface area contributed by atoms with Gasteiger partial charge in [-0.3, -0.25) is 9.59 Å². The molecule has 1 atom stereocenters. The Hall–Kier alpha value is -2.88. The van der Waals surface area contributed by atoms with E-state index in [1.807, 2.05) is 0 Å². The van der Waals surface area contributed by atoms with Crippen LogP contribution in [0.15, 0.2) is 54.2 Å². The Morgan fingerprint density at radius 3 is 2.71 bits per heavy atom. The molecule has 11 heteroatoms. The van der Waals surface area contributed by atoms with Crippen molar-refractivity contribution in [1.82, 2.24) is 20.1 Å². The van der Waals surface area contributed by atoms with E-state index in [0.29, 0.717) is 28.2 Å². The second kappa shape index (κ2) is 11.5. The SMILES string of the molecule is C=CCn1c(SCC(=O)Nc2cc(F)ccc2C)nnc1[C@@H](C)NC(=O)c1ccc(Cl)cc1Cl. The lowest BCUT2D eigenvalue weighted by Crippen LogP contribution is -2.29. The third-order valence-corrected chi connectivity index (χ3v) is 6.29. The number of benzene rings is 2. The van der Waals surface area contributed by atoms with Gasteiger partial charge in [0.25, 0.3) is 5.91 Å². The molecule has 2 aromatic carbocycles. The number of carbonyl (C=O) groups excluding carboxylic acids is 2. The number of thioether (sulfide) groups is 1. The maximum absolute atomic E-state index is 13.5. The molecule has 178 valence electrons. The van der Waals surface area contributed by atoms with Crippen molar-refractivity contribution in [3.05, 3.63) is 81.9 Å². The number of allylic oxidation sites excluding steroid dienone is 1. The van der Waals surface area contributed by atoms with Crippen LogP contribution in [0.25, 0.3) is 0 Å². The Bertz CT molecular complexity index is 1230. The molecule has 3 aromatic rings. The van der Waals surface area contributed by atoms with Crippen LogP contribution < -0.4 is 10.6 Å². The molecular formula is C23H22Cl2FN5O2S. The van der Waals surface area contributed by atoms with E-state index in [1.165, 1.54) is 30.0 Å². The van der Waals surface area contributed by atoms with Gasteiger partial charge in [0.05, 0.1) is 22.4 Å². The molecular weight excluding hydrogens is 500 g/mol. The van der Waals surface area contributed by atoms with Crippen LogP contribution in [0.3, 0.4) is 0 Å². The zero-order valence-corrected chi connectivity index (χ0v) is 20.8. The second-order valence-corrected chi connectivity index (χ2v) is 9.14. The summed E-state index contributed by atoms with van der Waals surface area (Å²) in [6.45, 7) is 7.67. The first kappa shape index (κ1) is 25.7. The number of carbonyl (C=O) groups is 2. The number of anilines is 1. The first-order valence-electron chi connectivity index (χ1n) is 10.2. The summed E-state index contributed by atoms with van der Waals surface area (Å²) < 4.78 is 15.2. The van der Waals surface area contributed by atoms with E-state index in [9.17, 15) is 14.0 Å². The molecule has 0 aliphatic carbocycles. The lowest BCUT2D eigenvalue weighted by molar-refractivity contribution is -0.113. The van der Waals surface area contributed by atoms with Gasteiger partial charge in [0.2, 0.25) is 5.91 Å². The largest absolute Gasteiger partial charge is 0.342 e. The molecule has 2 N–H and O–H groups in total. The van der Waals surface area contributed by atoms with E-state index in [-0.39, 0.29) is 28.2 Å². The molecule has 2 amide bonds. The monoisotopic (exact) mass is 521 g/mol. The fourth-order valence-electron chi connectivity index (χ4n) is 3.09. The van der Waals surface area contributed by atoms with Crippen LogP contribution in [0, 0.1) is 12.7 Å². The fourth-order valence-corrected chi connectivity index (χ4v) is 4.33. The Morgan fingerprint density at radius 1 is 1.24 bits per heavy atom. The summed E-state index contributed by atoms with van der Waals surface area (Å²) in [5.41, 5.74) is 1.45. The summed E-state index contributed by atoms with van der Waals surface area (Å²) in [5, 5.41) is 15.1. The quantitative estimate of drug-likeness (QED) is 0.289. The van der Waals surface area contributed by atoms with E-state index in [2.05, 4.69) is 27.4 Å². The summed E-state index contributed by atoms with van der Waals surface area (Å²) in [7, 11) is 0. The second-order valence-electron chi connectivity index (χ2n) is 7.36. The number of nitrogens with zero attached hydrogens (tertiary/aromatic N) is 3. The average molecular weight is 522 g/mol. The zero-order chi connectivity index (χ0) is 24.8. The number of amides is 2. The van der Waals surface area contributed by atoms with Gasteiger partial charge in [-0.1, -0.05) is 47.1 Å². The standard InChI is InChI=1S/C23H22Cl2FN5O2S/c1-4-9-31-21(14(3)27-22(33)17-8-6-15(24)10-18(17)25)29-30-23(31)34-12-20(32)28-19-11-16(26)7-5-13(19)2/h4-8,10-11,14H,1,9,12H2,2-3H3,(H,27,33)(H,28,32)/t14-/m1/s1. The highest BCUT2D eigenvalue weighted by Crippen LogP contribution is 2.24. The maximum Gasteiger partial charge on any atom is 0.253 e. The normalized spacial score (nSPS) is 11.7. The van der Waals surface area contributed by atoms with Crippen LogP contribution >= 0.6 is 35.0 Å². The molecule has 34 heavy (non-hydrogen) atoms. The Balaban J connectivity index is 1.69. The van der Waals surface area contributed by atoms with E-state index in [1.54, 1.807) is 42.7 Å². The summed E-state index contributed by atoms with van der Waals surface area (Å²) in [6.07, 6.45) is 1.66. The van der Waals surface area contributed by atoms with E-state index < -0.39 is 11.9 Å². The van der Waals surface area contributed by atoms with Gasteiger partial charge >= 0.3 is 0 Å². The number of nitrogens with one attached hydrogen (secondary N) is 2. The number of aryl methyl sites for hydroxylation is 1. The number of hydrogen-bond acceptors (Lipinski definition) is 5. The number of aromatic nitrogens is 3. The van der Waals surface area contributed by atoms with Crippen molar-refractivity contribution in [2.45, 2.75) is 31.6 Å². The zero-order valence-electron chi connectivity index (χ0n) is 18.4. The Labute approximate surface area is 210 Å². The van der Waals surface area contributed by atoms with E-state index in [4.69, 9.17) is 23.2 Å². The summed E-state index contributed by atoms with van der Waals surface area (Å²) >= 11 is 13.2. The van der Waals surface area contributed by atoms with E-state index in [0.717, 1.165) is 5.56 Å². The number of rotatable bonds is 9. The molecule has 0 bridgehead atoms. The van der Waals surface area contributed by atoms with Gasteiger partial charge in [0, 0.05) is 17.3 Å². The summed E-state index contributed by atoms with van der Waals surface area (Å²) in [6, 6.07) is 8.31. The van der Waals surface area contributed by atoms with Crippen molar-refractivity contribution < 1.29 is 14.0 Å². The van der Waals surface area contributed by atoms with Crippen molar-refractivity contribution >= 4 is 52.5 Å². The molecule has 7 nitrogen and oxygen atoms in total. The molecule has 3 rings (SSSR count). The van der Waals surface area contributed by atoms with Crippen molar-refractivity contribution in [1.29, 1.82) is 0 Å². The van der Waals surface area contributed by atoms with Crippen molar-refractivity contribution in [3.63, 3.8) is 0 Å². The van der Waals surface area contributed by atoms with Crippen LogP contribution in [-0.4, -0.2) is 32.3 Å². The summed E-state index contributed by atoms with van der Waals surface area (Å²) in [5.74, 6) is -0.609. The molecule has 0 unspecified atom stereocenters. The fraction of sp³-hybridized carbons (Fsp3) is 0.217. The molecule has 0 fully saturated rings. The highest BCUT2D eigenvalue weighted by Gasteiger charge is 2.21. The molecule has 0 saturated heterocycles. The van der Waals surface area contributed by atoms with Gasteiger partial charge in [-0.15, -0.1) is 16.8 Å². The van der Waals surface area contributed by atoms with Gasteiger partial charge in [0.15, 0.2) is 11.0 Å². The maximum atomic E-state index is 13.5. The van der Waals surface area contributed by atoms with Crippen LogP contribution in [0.1, 0.15) is 34.7 Å². The van der Waals surface area contributed by atoms with Gasteiger partial charge < -0.3 is 15.2 Å². The minimum absolute atomic E-state index is 0.0341. The average Bonchev–Trinajstić information content (AvgIpc) is 3.17. The first-order chi connectivity index (χ1) is 16.2. The molecule has 0 spiro atoms. The van der Waals surface area contributed by atoms with E-state index >= 15 is 0 Å². The predicted molar refractivity (Wildman–Crippen MR) is 133 cm³/mol. The highest BCUT2D eigenvalue weighted by atomic mass is 35.5. The predicted octanol–water partition coefficient (Wildman–Crippen LogP) is 5.44. The smallest absolute Gasteiger partial charge is 0.253 e. The molecule has 1 aromatic heterocycles. The molecule has 0 radical (unpaired) electrons. The lowest BCUT2D eigenvalue weighted by atomic mass is 10.2. The summed E-state index contributed by atoms with van der Waals surface area (Å²) in [4.78, 5) is 25.1. The molecule has 0 saturated carbocycles. The van der Waals surface area contributed by atoms with Gasteiger partial charge in [-0.05, 0) is 49.7 Å². The van der Waals surface area contributed by atoms with Crippen LogP contribution in [0.2, 0.25) is 10.0 Å². The van der Waals surface area contributed by atoms with Crippen molar-refractivity contribution in [2.75, 3.05) is 11.1 Å². The minimum atomic E-state index is -0.509. The van der Waals surface area contributed by atoms with Gasteiger partial charge in [-0.2, -0.15) is 0 Å². The van der Waals surface area contributed by atoms with Gasteiger partial charge in [-0.25, -0.2) is 4.39 Å². The highest BCUT2D eigenvalue weighted by molar-refractivity contribution is 7.99. The van der Waals surface area contributed by atoms with Gasteiger partial charge in [0.1, 0.15) is 5.82 Å². The Kier molecular flexibility index (Phi) is 8.71. The third-order valence-electron chi connectivity index (χ3n) is 4.77. The Morgan fingerprint density at radius 2 is 2.00 bits per heavy atom. The molecule has 1 heterocycles. The van der Waals surface area contributed by atoms with Crippen molar-refractivity contribution in [3.8, 4) is 0 Å². The number of halogens is 3. The lowest BCUT2D eigenvalue weighted by Gasteiger charge is -2.16. The van der Waals surface area contributed by atoms with Crippen LogP contribution in [0.5, 0.6) is 0 Å². The minimum Gasteiger partial charge on any atom is -0.342 e. The van der Waals surface area contributed by atoms with Crippen molar-refractivity contribution in [2.24, 2.45) is 0 Å².